The van der Waals surface area contributed by atoms with Crippen molar-refractivity contribution in [2.45, 2.75) is 6.54 Å². The van der Waals surface area contributed by atoms with Crippen LogP contribution >= 0.6 is 7.75 Å². The summed E-state index contributed by atoms with van der Waals surface area (Å²) in [4.78, 5) is 0. The van der Waals surface area contributed by atoms with E-state index in [1.54, 1.807) is 22.9 Å². The second kappa shape index (κ2) is 9.48. The molecular formula is C16H22NO3P. The van der Waals surface area contributed by atoms with Crippen LogP contribution in [-0.4, -0.2) is 24.4 Å². The fourth-order valence-electron chi connectivity index (χ4n) is 1.69. The van der Waals surface area contributed by atoms with E-state index in [4.69, 9.17) is 9.05 Å². The van der Waals surface area contributed by atoms with Gasteiger partial charge in [0.1, 0.15) is 0 Å². The summed E-state index contributed by atoms with van der Waals surface area (Å²) in [5.41, 5.74) is 1.02. The Hall–Kier alpha value is -1.45. The van der Waals surface area contributed by atoms with Gasteiger partial charge in [0.05, 0.1) is 13.2 Å². The standard InChI is InChI=1S/C16H22NO3P/c1-4-12-17(15-16-10-8-7-9-11-16)21(18,19-13-5-2)20-14-6-3/h4-11H,1-3,12-15H2. The van der Waals surface area contributed by atoms with Crippen molar-refractivity contribution in [2.75, 3.05) is 19.8 Å². The molecule has 0 bridgehead atoms. The molecule has 0 saturated carbocycles. The zero-order valence-corrected chi connectivity index (χ0v) is 13.1. The van der Waals surface area contributed by atoms with Crippen molar-refractivity contribution in [3.8, 4) is 0 Å². The molecule has 0 aliphatic carbocycles. The van der Waals surface area contributed by atoms with Crippen molar-refractivity contribution in [3.05, 3.63) is 73.9 Å². The van der Waals surface area contributed by atoms with Crippen molar-refractivity contribution >= 4 is 7.75 Å². The summed E-state index contributed by atoms with van der Waals surface area (Å²) in [6.45, 7) is 12.0. The molecule has 1 rings (SSSR count). The van der Waals surface area contributed by atoms with Crippen LogP contribution in [-0.2, 0) is 20.2 Å². The summed E-state index contributed by atoms with van der Waals surface area (Å²) in [6.07, 6.45) is 4.75. The van der Waals surface area contributed by atoms with E-state index < -0.39 is 7.75 Å². The lowest BCUT2D eigenvalue weighted by molar-refractivity contribution is 0.182. The molecule has 5 heteroatoms. The molecule has 1 aromatic rings. The van der Waals surface area contributed by atoms with Gasteiger partial charge in [-0.15, -0.1) is 19.7 Å². The monoisotopic (exact) mass is 307 g/mol. The van der Waals surface area contributed by atoms with Gasteiger partial charge in [0, 0.05) is 13.1 Å². The van der Waals surface area contributed by atoms with Gasteiger partial charge in [-0.1, -0.05) is 48.6 Å². The summed E-state index contributed by atoms with van der Waals surface area (Å²) in [7, 11) is -3.42. The Morgan fingerprint density at radius 2 is 1.57 bits per heavy atom. The fraction of sp³-hybridized carbons (Fsp3) is 0.250. The Bertz CT molecular complexity index is 486. The average molecular weight is 307 g/mol. The van der Waals surface area contributed by atoms with Crippen LogP contribution in [0.25, 0.3) is 0 Å². The average Bonchev–Trinajstić information content (AvgIpc) is 2.51. The van der Waals surface area contributed by atoms with Gasteiger partial charge in [0.25, 0.3) is 0 Å². The van der Waals surface area contributed by atoms with E-state index in [1.165, 1.54) is 0 Å². The Kier molecular flexibility index (Phi) is 7.95. The maximum absolute atomic E-state index is 13.0. The molecule has 0 fully saturated rings. The highest BCUT2D eigenvalue weighted by atomic mass is 31.2. The maximum atomic E-state index is 13.0. The van der Waals surface area contributed by atoms with Gasteiger partial charge in [0.15, 0.2) is 0 Å². The molecule has 114 valence electrons. The molecule has 0 radical (unpaired) electrons. The van der Waals surface area contributed by atoms with Crippen molar-refractivity contribution in [1.82, 2.24) is 4.67 Å². The highest BCUT2D eigenvalue weighted by Gasteiger charge is 2.32. The second-order valence-electron chi connectivity index (χ2n) is 4.26. The molecule has 0 spiro atoms. The predicted octanol–water partition coefficient (Wildman–Crippen LogP) is 4.19. The lowest BCUT2D eigenvalue weighted by Gasteiger charge is -2.28. The first kappa shape index (κ1) is 17.6. The largest absolute Gasteiger partial charge is 0.409 e. The van der Waals surface area contributed by atoms with E-state index in [1.807, 2.05) is 30.3 Å². The van der Waals surface area contributed by atoms with E-state index >= 15 is 0 Å². The molecule has 21 heavy (non-hydrogen) atoms. The molecule has 0 N–H and O–H groups in total. The van der Waals surface area contributed by atoms with Gasteiger partial charge in [-0.2, -0.15) is 0 Å². The Morgan fingerprint density at radius 3 is 2.05 bits per heavy atom. The molecule has 1 aromatic carbocycles. The summed E-state index contributed by atoms with van der Waals surface area (Å²) < 4.78 is 25.4. The third kappa shape index (κ3) is 5.82. The third-order valence-electron chi connectivity index (χ3n) is 2.61. The van der Waals surface area contributed by atoms with Crippen LogP contribution in [0.15, 0.2) is 68.3 Å². The quantitative estimate of drug-likeness (QED) is 0.454. The second-order valence-corrected chi connectivity index (χ2v) is 6.28. The van der Waals surface area contributed by atoms with E-state index in [2.05, 4.69) is 19.7 Å². The molecule has 0 unspecified atom stereocenters. The van der Waals surface area contributed by atoms with Crippen LogP contribution in [0.3, 0.4) is 0 Å². The Labute approximate surface area is 127 Å². The first-order valence-electron chi connectivity index (χ1n) is 6.67. The smallest absolute Gasteiger partial charge is 0.292 e. The minimum atomic E-state index is -3.42. The van der Waals surface area contributed by atoms with E-state index in [9.17, 15) is 4.57 Å². The maximum Gasteiger partial charge on any atom is 0.409 e. The van der Waals surface area contributed by atoms with Gasteiger partial charge in [-0.3, -0.25) is 9.05 Å². The zero-order valence-electron chi connectivity index (χ0n) is 12.2. The minimum absolute atomic E-state index is 0.150. The van der Waals surface area contributed by atoms with Crippen molar-refractivity contribution < 1.29 is 13.6 Å². The van der Waals surface area contributed by atoms with Crippen LogP contribution in [0, 0.1) is 0 Å². The molecule has 0 aromatic heterocycles. The van der Waals surface area contributed by atoms with Crippen molar-refractivity contribution in [3.63, 3.8) is 0 Å². The summed E-state index contributed by atoms with van der Waals surface area (Å²) in [5, 5.41) is 0. The Balaban J connectivity index is 2.94. The molecule has 0 atom stereocenters. The molecule has 0 amide bonds. The Morgan fingerprint density at radius 1 is 1.00 bits per heavy atom. The number of rotatable bonds is 11. The van der Waals surface area contributed by atoms with Crippen LogP contribution in [0.1, 0.15) is 5.56 Å². The van der Waals surface area contributed by atoms with Crippen LogP contribution < -0.4 is 0 Å². The number of hydrogen-bond acceptors (Lipinski definition) is 3. The molecule has 0 saturated heterocycles. The lowest BCUT2D eigenvalue weighted by Crippen LogP contribution is -2.23. The van der Waals surface area contributed by atoms with E-state index in [0.717, 1.165) is 5.56 Å². The fourth-order valence-corrected chi connectivity index (χ4v) is 3.33. The van der Waals surface area contributed by atoms with Gasteiger partial charge >= 0.3 is 7.75 Å². The third-order valence-corrected chi connectivity index (χ3v) is 4.55. The van der Waals surface area contributed by atoms with Crippen molar-refractivity contribution in [2.24, 2.45) is 0 Å². The highest BCUT2D eigenvalue weighted by molar-refractivity contribution is 7.51. The molecule has 0 heterocycles. The number of hydrogen-bond donors (Lipinski definition) is 0. The molecular weight excluding hydrogens is 285 g/mol. The normalized spacial score (nSPS) is 11.3. The molecule has 4 nitrogen and oxygen atoms in total. The van der Waals surface area contributed by atoms with Gasteiger partial charge in [-0.05, 0) is 5.56 Å². The van der Waals surface area contributed by atoms with E-state index in [0.29, 0.717) is 13.1 Å². The summed E-state index contributed by atoms with van der Waals surface area (Å²) in [6, 6.07) is 9.72. The van der Waals surface area contributed by atoms with Gasteiger partial charge < -0.3 is 0 Å². The topological polar surface area (TPSA) is 38.8 Å². The molecule has 0 aliphatic rings. The van der Waals surface area contributed by atoms with Crippen LogP contribution in [0.4, 0.5) is 0 Å². The SMILES string of the molecule is C=CCOP(=O)(OCC=C)N(CC=C)Cc1ccccc1. The van der Waals surface area contributed by atoms with Crippen LogP contribution in [0.2, 0.25) is 0 Å². The zero-order chi connectivity index (χ0) is 15.6. The lowest BCUT2D eigenvalue weighted by atomic mass is 10.2. The minimum Gasteiger partial charge on any atom is -0.292 e. The van der Waals surface area contributed by atoms with Gasteiger partial charge in [0.2, 0.25) is 0 Å². The number of benzene rings is 1. The first-order chi connectivity index (χ1) is 10.2. The predicted molar refractivity (Wildman–Crippen MR) is 87.0 cm³/mol. The van der Waals surface area contributed by atoms with Crippen molar-refractivity contribution in [1.29, 1.82) is 0 Å². The summed E-state index contributed by atoms with van der Waals surface area (Å²) in [5.74, 6) is 0. The highest BCUT2D eigenvalue weighted by Crippen LogP contribution is 2.52. The van der Waals surface area contributed by atoms with Gasteiger partial charge in [-0.25, -0.2) is 9.24 Å². The number of nitrogens with zero attached hydrogens (tertiary/aromatic N) is 1. The summed E-state index contributed by atoms with van der Waals surface area (Å²) >= 11 is 0. The first-order valence-corrected chi connectivity index (χ1v) is 8.17. The van der Waals surface area contributed by atoms with Crippen LogP contribution in [0.5, 0.6) is 0 Å². The molecule has 0 aliphatic heterocycles. The van der Waals surface area contributed by atoms with E-state index in [-0.39, 0.29) is 13.2 Å².